The molecule has 0 fully saturated rings. The molecule has 0 atom stereocenters. The lowest BCUT2D eigenvalue weighted by Crippen LogP contribution is -2.25. The zero-order chi connectivity index (χ0) is 23.1. The Bertz CT molecular complexity index is 1110. The van der Waals surface area contributed by atoms with E-state index < -0.39 is 5.97 Å². The maximum absolute atomic E-state index is 12.7. The highest BCUT2D eigenvalue weighted by Gasteiger charge is 2.20. The van der Waals surface area contributed by atoms with Crippen LogP contribution in [0.15, 0.2) is 36.5 Å². The molecule has 1 aromatic carbocycles. The van der Waals surface area contributed by atoms with Crippen LogP contribution in [0.2, 0.25) is 0 Å². The number of nitrogens with zero attached hydrogens (tertiary/aromatic N) is 4. The van der Waals surface area contributed by atoms with Gasteiger partial charge in [-0.05, 0) is 45.4 Å². The third-order valence-corrected chi connectivity index (χ3v) is 4.71. The minimum absolute atomic E-state index is 0.165. The van der Waals surface area contributed by atoms with Crippen LogP contribution in [-0.2, 0) is 4.74 Å². The molecule has 0 aliphatic carbocycles. The molecular weight excluding hydrogens is 408 g/mol. The molecule has 1 amide bonds. The second-order valence-corrected chi connectivity index (χ2v) is 7.27. The van der Waals surface area contributed by atoms with Crippen LogP contribution in [0.25, 0.3) is 5.95 Å². The molecule has 0 saturated carbocycles. The SMILES string of the molecule is CCCCNC(=O)c1ccccc1Nc1nc(-n2nc(C)cc2C)ncc1C(=O)OCC. The molecule has 0 unspecified atom stereocenters. The Kier molecular flexibility index (Phi) is 7.54. The van der Waals surface area contributed by atoms with Gasteiger partial charge in [0.15, 0.2) is 5.82 Å². The van der Waals surface area contributed by atoms with Gasteiger partial charge >= 0.3 is 5.97 Å². The largest absolute Gasteiger partial charge is 0.462 e. The minimum atomic E-state index is -0.556. The zero-order valence-electron chi connectivity index (χ0n) is 18.8. The Balaban J connectivity index is 2.00. The van der Waals surface area contributed by atoms with E-state index in [4.69, 9.17) is 4.74 Å². The van der Waals surface area contributed by atoms with Crippen LogP contribution in [0, 0.1) is 13.8 Å². The number of carbonyl (C=O) groups excluding carboxylic acids is 2. The van der Waals surface area contributed by atoms with E-state index in [1.165, 1.54) is 6.20 Å². The van der Waals surface area contributed by atoms with Crippen molar-refractivity contribution in [2.75, 3.05) is 18.5 Å². The molecule has 3 aromatic rings. The summed E-state index contributed by atoms with van der Waals surface area (Å²) < 4.78 is 6.76. The van der Waals surface area contributed by atoms with Crippen molar-refractivity contribution in [3.8, 4) is 5.95 Å². The minimum Gasteiger partial charge on any atom is -0.462 e. The molecule has 168 valence electrons. The van der Waals surface area contributed by atoms with Crippen LogP contribution in [0.5, 0.6) is 0 Å². The molecule has 0 saturated heterocycles. The van der Waals surface area contributed by atoms with Gasteiger partial charge in [0.2, 0.25) is 0 Å². The van der Waals surface area contributed by atoms with Crippen molar-refractivity contribution in [1.82, 2.24) is 25.1 Å². The van der Waals surface area contributed by atoms with Crippen LogP contribution < -0.4 is 10.6 Å². The number of para-hydroxylation sites is 1. The summed E-state index contributed by atoms with van der Waals surface area (Å²) >= 11 is 0. The molecule has 0 aliphatic heterocycles. The van der Waals surface area contributed by atoms with Crippen molar-refractivity contribution in [2.45, 2.75) is 40.5 Å². The zero-order valence-corrected chi connectivity index (χ0v) is 18.8. The Morgan fingerprint density at radius 3 is 2.59 bits per heavy atom. The quantitative estimate of drug-likeness (QED) is 0.388. The lowest BCUT2D eigenvalue weighted by Gasteiger charge is -2.15. The Morgan fingerprint density at radius 2 is 1.91 bits per heavy atom. The molecule has 2 heterocycles. The van der Waals surface area contributed by atoms with Crippen molar-refractivity contribution in [1.29, 1.82) is 0 Å². The number of hydrogen-bond acceptors (Lipinski definition) is 7. The highest BCUT2D eigenvalue weighted by Crippen LogP contribution is 2.24. The molecule has 9 heteroatoms. The van der Waals surface area contributed by atoms with Gasteiger partial charge in [0.05, 0.1) is 23.6 Å². The van der Waals surface area contributed by atoms with Crippen LogP contribution in [-0.4, -0.2) is 44.8 Å². The van der Waals surface area contributed by atoms with Crippen molar-refractivity contribution >= 4 is 23.4 Å². The van der Waals surface area contributed by atoms with Gasteiger partial charge < -0.3 is 15.4 Å². The fraction of sp³-hybridized carbons (Fsp3) is 0.348. The number of carbonyl (C=O) groups is 2. The summed E-state index contributed by atoms with van der Waals surface area (Å²) in [4.78, 5) is 34.1. The second-order valence-electron chi connectivity index (χ2n) is 7.27. The number of nitrogens with one attached hydrogen (secondary N) is 2. The van der Waals surface area contributed by atoms with E-state index in [9.17, 15) is 9.59 Å². The molecule has 3 rings (SSSR count). The highest BCUT2D eigenvalue weighted by atomic mass is 16.5. The predicted molar refractivity (Wildman–Crippen MR) is 122 cm³/mol. The Morgan fingerprint density at radius 1 is 1.12 bits per heavy atom. The van der Waals surface area contributed by atoms with E-state index in [0.717, 1.165) is 24.2 Å². The van der Waals surface area contributed by atoms with Gasteiger partial charge in [-0.3, -0.25) is 4.79 Å². The first-order chi connectivity index (χ1) is 15.4. The molecule has 32 heavy (non-hydrogen) atoms. The van der Waals surface area contributed by atoms with E-state index in [2.05, 4.69) is 32.6 Å². The third kappa shape index (κ3) is 5.29. The summed E-state index contributed by atoms with van der Waals surface area (Å²) in [5, 5.41) is 10.5. The summed E-state index contributed by atoms with van der Waals surface area (Å²) in [7, 11) is 0. The van der Waals surface area contributed by atoms with E-state index in [1.54, 1.807) is 35.9 Å². The average Bonchev–Trinajstić information content (AvgIpc) is 3.12. The number of amides is 1. The Labute approximate surface area is 187 Å². The van der Waals surface area contributed by atoms with Crippen molar-refractivity contribution in [2.24, 2.45) is 0 Å². The molecule has 9 nitrogen and oxygen atoms in total. The highest BCUT2D eigenvalue weighted by molar-refractivity contribution is 6.01. The van der Waals surface area contributed by atoms with Crippen molar-refractivity contribution in [3.05, 3.63) is 59.0 Å². The standard InChI is InChI=1S/C23H28N6O3/c1-5-7-12-24-21(30)17-10-8-9-11-19(17)26-20-18(22(31)32-6-2)14-25-23(27-20)29-16(4)13-15(3)28-29/h8-11,13-14H,5-7,12H2,1-4H3,(H,24,30)(H,25,26,27). The van der Waals surface area contributed by atoms with Gasteiger partial charge in [0, 0.05) is 18.4 Å². The second kappa shape index (κ2) is 10.5. The summed E-state index contributed by atoms with van der Waals surface area (Å²) in [6.07, 6.45) is 3.29. The van der Waals surface area contributed by atoms with Crippen LogP contribution in [0.3, 0.4) is 0 Å². The maximum Gasteiger partial charge on any atom is 0.343 e. The summed E-state index contributed by atoms with van der Waals surface area (Å²) in [6.45, 7) is 8.37. The monoisotopic (exact) mass is 436 g/mol. The molecule has 2 aromatic heterocycles. The van der Waals surface area contributed by atoms with Crippen LogP contribution >= 0.6 is 0 Å². The molecule has 0 aliphatic rings. The summed E-state index contributed by atoms with van der Waals surface area (Å²) in [5.41, 5.74) is 2.81. The van der Waals surface area contributed by atoms with Gasteiger partial charge in [-0.25, -0.2) is 14.5 Å². The number of unbranched alkanes of at least 4 members (excludes halogenated alkanes) is 1. The smallest absolute Gasteiger partial charge is 0.343 e. The van der Waals surface area contributed by atoms with Crippen molar-refractivity contribution < 1.29 is 14.3 Å². The van der Waals surface area contributed by atoms with E-state index >= 15 is 0 Å². The van der Waals surface area contributed by atoms with Gasteiger partial charge in [-0.2, -0.15) is 10.1 Å². The number of esters is 1. The normalized spacial score (nSPS) is 10.6. The van der Waals surface area contributed by atoms with Gasteiger partial charge in [-0.15, -0.1) is 0 Å². The fourth-order valence-corrected chi connectivity index (χ4v) is 3.15. The Hall–Kier alpha value is -3.75. The van der Waals surface area contributed by atoms with Gasteiger partial charge in [0.1, 0.15) is 5.56 Å². The topological polar surface area (TPSA) is 111 Å². The molecule has 2 N–H and O–H groups in total. The lowest BCUT2D eigenvalue weighted by atomic mass is 10.1. The van der Waals surface area contributed by atoms with Gasteiger partial charge in [0.25, 0.3) is 11.9 Å². The lowest BCUT2D eigenvalue weighted by molar-refractivity contribution is 0.0526. The molecular formula is C23H28N6O3. The summed E-state index contributed by atoms with van der Waals surface area (Å²) in [5.74, 6) is -0.224. The first-order valence-corrected chi connectivity index (χ1v) is 10.7. The number of benzene rings is 1. The fourth-order valence-electron chi connectivity index (χ4n) is 3.15. The predicted octanol–water partition coefficient (Wildman–Crippen LogP) is 3.73. The maximum atomic E-state index is 12.7. The molecule has 0 radical (unpaired) electrons. The average molecular weight is 437 g/mol. The number of aromatic nitrogens is 4. The number of rotatable bonds is 9. The molecule has 0 bridgehead atoms. The van der Waals surface area contributed by atoms with Gasteiger partial charge in [-0.1, -0.05) is 25.5 Å². The number of ether oxygens (including phenoxy) is 1. The van der Waals surface area contributed by atoms with E-state index in [0.29, 0.717) is 23.7 Å². The summed E-state index contributed by atoms with van der Waals surface area (Å²) in [6, 6.07) is 8.98. The number of anilines is 2. The first kappa shape index (κ1) is 22.9. The van der Waals surface area contributed by atoms with Crippen LogP contribution in [0.4, 0.5) is 11.5 Å². The number of hydrogen-bond donors (Lipinski definition) is 2. The number of aryl methyl sites for hydroxylation is 2. The van der Waals surface area contributed by atoms with Crippen LogP contribution in [0.1, 0.15) is 58.8 Å². The first-order valence-electron chi connectivity index (χ1n) is 10.7. The van der Waals surface area contributed by atoms with Crippen molar-refractivity contribution in [3.63, 3.8) is 0 Å². The molecule has 0 spiro atoms. The third-order valence-electron chi connectivity index (χ3n) is 4.71. The van der Waals surface area contributed by atoms with E-state index in [-0.39, 0.29) is 23.9 Å². The van der Waals surface area contributed by atoms with E-state index in [1.807, 2.05) is 19.9 Å².